The van der Waals surface area contributed by atoms with Gasteiger partial charge in [-0.05, 0) is 38.3 Å². The fourth-order valence-corrected chi connectivity index (χ4v) is 2.79. The molecular weight excluding hydrogens is 248 g/mol. The highest BCUT2D eigenvalue weighted by Gasteiger charge is 2.13. The molecule has 4 nitrogen and oxygen atoms in total. The highest BCUT2D eigenvalue weighted by atomic mass is 15.1. The third-order valence-corrected chi connectivity index (χ3v) is 3.83. The fraction of sp³-hybridized carbons (Fsp3) is 0.438. The zero-order valence-electron chi connectivity index (χ0n) is 12.0. The molecule has 0 aliphatic carbocycles. The van der Waals surface area contributed by atoms with E-state index in [1.807, 2.05) is 13.1 Å². The molecule has 0 bridgehead atoms. The van der Waals surface area contributed by atoms with E-state index in [2.05, 4.69) is 44.5 Å². The van der Waals surface area contributed by atoms with Crippen molar-refractivity contribution in [3.8, 4) is 0 Å². The number of aromatic amines is 1. The van der Waals surface area contributed by atoms with Crippen molar-refractivity contribution in [3.05, 3.63) is 42.0 Å². The zero-order chi connectivity index (χ0) is 13.8. The van der Waals surface area contributed by atoms with Crippen molar-refractivity contribution in [2.24, 2.45) is 0 Å². The third kappa shape index (κ3) is 2.95. The van der Waals surface area contributed by atoms with Gasteiger partial charge in [-0.2, -0.15) is 0 Å². The van der Waals surface area contributed by atoms with E-state index < -0.39 is 0 Å². The minimum atomic E-state index is 0.783. The number of anilines is 2. The van der Waals surface area contributed by atoms with Gasteiger partial charge in [0.15, 0.2) is 0 Å². The van der Waals surface area contributed by atoms with Crippen LogP contribution in [0.3, 0.4) is 0 Å². The molecule has 1 saturated heterocycles. The molecule has 0 unspecified atom stereocenters. The van der Waals surface area contributed by atoms with E-state index in [0.717, 1.165) is 18.1 Å². The van der Waals surface area contributed by atoms with Gasteiger partial charge < -0.3 is 15.2 Å². The first-order valence-electron chi connectivity index (χ1n) is 7.41. The van der Waals surface area contributed by atoms with Crippen molar-refractivity contribution >= 4 is 11.4 Å². The molecule has 106 valence electrons. The lowest BCUT2D eigenvalue weighted by Crippen LogP contribution is -2.30. The van der Waals surface area contributed by atoms with Crippen LogP contribution in [-0.2, 0) is 6.54 Å². The number of H-pyrrole nitrogens is 1. The summed E-state index contributed by atoms with van der Waals surface area (Å²) in [5, 5.41) is 3.53. The molecule has 1 fully saturated rings. The Morgan fingerprint density at radius 1 is 1.20 bits per heavy atom. The first-order chi connectivity index (χ1) is 9.83. The summed E-state index contributed by atoms with van der Waals surface area (Å²) in [6, 6.07) is 8.59. The van der Waals surface area contributed by atoms with Gasteiger partial charge in [0.2, 0.25) is 0 Å². The summed E-state index contributed by atoms with van der Waals surface area (Å²) >= 11 is 0. The quantitative estimate of drug-likeness (QED) is 0.895. The standard InChI is InChI=1S/C16H22N4/c1-13-17-11-14(19-13)12-18-15-7-3-4-8-16(15)20-9-5-2-6-10-20/h3-4,7-8,11,18H,2,5-6,9-10,12H2,1H3,(H,17,19). The van der Waals surface area contributed by atoms with Crippen LogP contribution in [0.1, 0.15) is 30.8 Å². The molecule has 0 radical (unpaired) electrons. The van der Waals surface area contributed by atoms with Crippen LogP contribution in [0.5, 0.6) is 0 Å². The Morgan fingerprint density at radius 3 is 2.75 bits per heavy atom. The van der Waals surface area contributed by atoms with Crippen molar-refractivity contribution in [2.75, 3.05) is 23.3 Å². The molecule has 0 amide bonds. The molecular formula is C16H22N4. The largest absolute Gasteiger partial charge is 0.378 e. The summed E-state index contributed by atoms with van der Waals surface area (Å²) in [4.78, 5) is 9.98. The SMILES string of the molecule is Cc1ncc(CNc2ccccc2N2CCCCC2)[nH]1. The number of piperidine rings is 1. The Bertz CT molecular complexity index is 555. The first kappa shape index (κ1) is 13.0. The lowest BCUT2D eigenvalue weighted by molar-refractivity contribution is 0.578. The molecule has 1 aromatic carbocycles. The van der Waals surface area contributed by atoms with Gasteiger partial charge in [0.1, 0.15) is 5.82 Å². The summed E-state index contributed by atoms with van der Waals surface area (Å²) in [5.74, 6) is 0.964. The summed E-state index contributed by atoms with van der Waals surface area (Å²) in [7, 11) is 0. The van der Waals surface area contributed by atoms with Crippen LogP contribution < -0.4 is 10.2 Å². The maximum absolute atomic E-state index is 4.24. The molecule has 2 N–H and O–H groups in total. The number of para-hydroxylation sites is 2. The van der Waals surface area contributed by atoms with Crippen molar-refractivity contribution in [2.45, 2.75) is 32.7 Å². The summed E-state index contributed by atoms with van der Waals surface area (Å²) < 4.78 is 0. The average Bonchev–Trinajstić information content (AvgIpc) is 2.92. The molecule has 1 aliphatic heterocycles. The number of hydrogen-bond acceptors (Lipinski definition) is 3. The van der Waals surface area contributed by atoms with Crippen molar-refractivity contribution in [1.29, 1.82) is 0 Å². The number of benzene rings is 1. The smallest absolute Gasteiger partial charge is 0.103 e. The van der Waals surface area contributed by atoms with Crippen molar-refractivity contribution in [1.82, 2.24) is 9.97 Å². The number of aryl methyl sites for hydroxylation is 1. The Kier molecular flexibility index (Phi) is 3.90. The van der Waals surface area contributed by atoms with Gasteiger partial charge in [0.25, 0.3) is 0 Å². The number of hydrogen-bond donors (Lipinski definition) is 2. The van der Waals surface area contributed by atoms with E-state index in [0.29, 0.717) is 0 Å². The van der Waals surface area contributed by atoms with Gasteiger partial charge in [-0.1, -0.05) is 12.1 Å². The molecule has 1 aliphatic rings. The van der Waals surface area contributed by atoms with Gasteiger partial charge in [-0.3, -0.25) is 0 Å². The number of rotatable bonds is 4. The van der Waals surface area contributed by atoms with Crippen LogP contribution in [0.2, 0.25) is 0 Å². The van der Waals surface area contributed by atoms with Crippen molar-refractivity contribution < 1.29 is 0 Å². The monoisotopic (exact) mass is 270 g/mol. The molecule has 0 saturated carbocycles. The number of imidazole rings is 1. The van der Waals surface area contributed by atoms with E-state index in [4.69, 9.17) is 0 Å². The Hall–Kier alpha value is -1.97. The topological polar surface area (TPSA) is 44.0 Å². The lowest BCUT2D eigenvalue weighted by atomic mass is 10.1. The van der Waals surface area contributed by atoms with Gasteiger partial charge in [-0.25, -0.2) is 4.98 Å². The molecule has 0 spiro atoms. The maximum Gasteiger partial charge on any atom is 0.103 e. The average molecular weight is 270 g/mol. The van der Waals surface area contributed by atoms with Crippen LogP contribution in [-0.4, -0.2) is 23.1 Å². The van der Waals surface area contributed by atoms with Crippen LogP contribution in [0.4, 0.5) is 11.4 Å². The highest BCUT2D eigenvalue weighted by Crippen LogP contribution is 2.28. The maximum atomic E-state index is 4.24. The highest BCUT2D eigenvalue weighted by molar-refractivity contribution is 5.70. The van der Waals surface area contributed by atoms with Crippen molar-refractivity contribution in [3.63, 3.8) is 0 Å². The Balaban J connectivity index is 1.72. The lowest BCUT2D eigenvalue weighted by Gasteiger charge is -2.30. The Labute approximate surface area is 120 Å². The van der Waals surface area contributed by atoms with Gasteiger partial charge in [0, 0.05) is 13.1 Å². The van der Waals surface area contributed by atoms with E-state index in [-0.39, 0.29) is 0 Å². The second kappa shape index (κ2) is 5.99. The van der Waals surface area contributed by atoms with Crippen LogP contribution in [0.25, 0.3) is 0 Å². The second-order valence-electron chi connectivity index (χ2n) is 5.41. The van der Waals surface area contributed by atoms with E-state index in [1.54, 1.807) is 0 Å². The van der Waals surface area contributed by atoms with Gasteiger partial charge in [0.05, 0.1) is 29.8 Å². The Morgan fingerprint density at radius 2 is 2.00 bits per heavy atom. The van der Waals surface area contributed by atoms with E-state index >= 15 is 0 Å². The third-order valence-electron chi connectivity index (χ3n) is 3.83. The van der Waals surface area contributed by atoms with E-state index in [1.165, 1.54) is 43.7 Å². The number of nitrogens with zero attached hydrogens (tertiary/aromatic N) is 2. The second-order valence-corrected chi connectivity index (χ2v) is 5.41. The summed E-state index contributed by atoms with van der Waals surface area (Å²) in [6.45, 7) is 5.10. The molecule has 0 atom stereocenters. The molecule has 2 aromatic rings. The number of aromatic nitrogens is 2. The molecule has 20 heavy (non-hydrogen) atoms. The van der Waals surface area contributed by atoms with Crippen LogP contribution in [0, 0.1) is 6.92 Å². The van der Waals surface area contributed by atoms with Gasteiger partial charge >= 0.3 is 0 Å². The zero-order valence-corrected chi connectivity index (χ0v) is 12.0. The summed E-state index contributed by atoms with van der Waals surface area (Å²) in [5.41, 5.74) is 3.65. The molecule has 1 aromatic heterocycles. The molecule has 3 rings (SSSR count). The first-order valence-corrected chi connectivity index (χ1v) is 7.41. The minimum absolute atomic E-state index is 0.783. The van der Waals surface area contributed by atoms with Gasteiger partial charge in [-0.15, -0.1) is 0 Å². The minimum Gasteiger partial charge on any atom is -0.378 e. The molecule has 2 heterocycles. The normalized spacial score (nSPS) is 15.3. The predicted octanol–water partition coefficient (Wildman–Crippen LogP) is 3.32. The van der Waals surface area contributed by atoms with E-state index in [9.17, 15) is 0 Å². The van der Waals surface area contributed by atoms with Crippen LogP contribution in [0.15, 0.2) is 30.5 Å². The fourth-order valence-electron chi connectivity index (χ4n) is 2.79. The van der Waals surface area contributed by atoms with Crippen LogP contribution >= 0.6 is 0 Å². The summed E-state index contributed by atoms with van der Waals surface area (Å²) in [6.07, 6.45) is 5.85. The predicted molar refractivity (Wildman–Crippen MR) is 83.2 cm³/mol. The molecule has 4 heteroatoms. The number of nitrogens with one attached hydrogen (secondary N) is 2.